The molecular formula is C9H8N4O2. The van der Waals surface area contributed by atoms with Gasteiger partial charge in [0.05, 0.1) is 6.20 Å². The molecule has 1 aliphatic rings. The highest BCUT2D eigenvalue weighted by molar-refractivity contribution is 6.20. The standard InChI is InChI=1S/C9H8N4O2/c1-5-2-7(14)13(9(5)15)8-6(3-10)4-11-12-8/h4-5H,2H2,1H3,(H,11,12). The zero-order valence-electron chi connectivity index (χ0n) is 8.02. The van der Waals surface area contributed by atoms with Gasteiger partial charge in [0.25, 0.3) is 0 Å². The first-order chi connectivity index (χ1) is 7.15. The number of nitriles is 1. The van der Waals surface area contributed by atoms with Crippen LogP contribution in [0.1, 0.15) is 18.9 Å². The van der Waals surface area contributed by atoms with Gasteiger partial charge in [-0.2, -0.15) is 10.4 Å². The predicted octanol–water partition coefficient (Wildman–Crippen LogP) is 0.181. The van der Waals surface area contributed by atoms with Gasteiger partial charge >= 0.3 is 0 Å². The van der Waals surface area contributed by atoms with E-state index in [4.69, 9.17) is 5.26 Å². The van der Waals surface area contributed by atoms with E-state index in [-0.39, 0.29) is 35.5 Å². The van der Waals surface area contributed by atoms with Gasteiger partial charge in [0.15, 0.2) is 5.82 Å². The van der Waals surface area contributed by atoms with E-state index in [0.717, 1.165) is 4.90 Å². The fourth-order valence-electron chi connectivity index (χ4n) is 1.55. The van der Waals surface area contributed by atoms with E-state index < -0.39 is 0 Å². The average molecular weight is 204 g/mol. The van der Waals surface area contributed by atoms with Crippen molar-refractivity contribution >= 4 is 17.6 Å². The van der Waals surface area contributed by atoms with E-state index >= 15 is 0 Å². The summed E-state index contributed by atoms with van der Waals surface area (Å²) in [6.07, 6.45) is 1.47. The van der Waals surface area contributed by atoms with Crippen LogP contribution in [-0.4, -0.2) is 22.0 Å². The molecule has 1 fully saturated rings. The van der Waals surface area contributed by atoms with E-state index in [0.29, 0.717) is 0 Å². The lowest BCUT2D eigenvalue weighted by Crippen LogP contribution is -2.30. The maximum Gasteiger partial charge on any atom is 0.238 e. The van der Waals surface area contributed by atoms with Crippen molar-refractivity contribution in [2.45, 2.75) is 13.3 Å². The molecule has 2 heterocycles. The van der Waals surface area contributed by atoms with Crippen LogP contribution in [0.2, 0.25) is 0 Å². The second-order valence-electron chi connectivity index (χ2n) is 3.42. The molecule has 0 radical (unpaired) electrons. The molecule has 6 heteroatoms. The minimum atomic E-state index is -0.327. The topological polar surface area (TPSA) is 89.8 Å². The number of carbonyl (C=O) groups is 2. The van der Waals surface area contributed by atoms with E-state index in [1.54, 1.807) is 6.92 Å². The van der Waals surface area contributed by atoms with Crippen LogP contribution in [0.15, 0.2) is 6.20 Å². The van der Waals surface area contributed by atoms with E-state index in [9.17, 15) is 9.59 Å². The number of nitrogens with zero attached hydrogens (tertiary/aromatic N) is 3. The van der Waals surface area contributed by atoms with Crippen LogP contribution in [0.4, 0.5) is 5.82 Å². The van der Waals surface area contributed by atoms with Crippen molar-refractivity contribution in [1.29, 1.82) is 5.26 Å². The Bertz CT molecular complexity index is 471. The summed E-state index contributed by atoms with van der Waals surface area (Å²) in [6, 6.07) is 1.87. The van der Waals surface area contributed by atoms with Crippen molar-refractivity contribution in [3.63, 3.8) is 0 Å². The fraction of sp³-hybridized carbons (Fsp3) is 0.333. The van der Waals surface area contributed by atoms with Crippen molar-refractivity contribution in [2.75, 3.05) is 4.90 Å². The third-order valence-electron chi connectivity index (χ3n) is 2.34. The molecule has 0 saturated carbocycles. The van der Waals surface area contributed by atoms with Crippen LogP contribution in [0.5, 0.6) is 0 Å². The van der Waals surface area contributed by atoms with Crippen LogP contribution in [0.25, 0.3) is 0 Å². The van der Waals surface area contributed by atoms with Gasteiger partial charge in [-0.05, 0) is 0 Å². The third-order valence-corrected chi connectivity index (χ3v) is 2.34. The first-order valence-corrected chi connectivity index (χ1v) is 4.45. The molecule has 1 atom stereocenters. The highest BCUT2D eigenvalue weighted by Crippen LogP contribution is 2.26. The molecule has 15 heavy (non-hydrogen) atoms. The Morgan fingerprint density at radius 3 is 2.93 bits per heavy atom. The Morgan fingerprint density at radius 2 is 2.40 bits per heavy atom. The number of amides is 2. The molecule has 0 aromatic carbocycles. The van der Waals surface area contributed by atoms with E-state index in [2.05, 4.69) is 10.2 Å². The summed E-state index contributed by atoms with van der Waals surface area (Å²) in [4.78, 5) is 24.1. The highest BCUT2D eigenvalue weighted by Gasteiger charge is 2.38. The SMILES string of the molecule is CC1CC(=O)N(c2[nH]ncc2C#N)C1=O. The number of rotatable bonds is 1. The van der Waals surface area contributed by atoms with Crippen LogP contribution in [0, 0.1) is 17.2 Å². The summed E-state index contributed by atoms with van der Waals surface area (Å²) in [5, 5.41) is 14.9. The second-order valence-corrected chi connectivity index (χ2v) is 3.42. The molecule has 2 amide bonds. The van der Waals surface area contributed by atoms with Gasteiger partial charge in [-0.3, -0.25) is 14.7 Å². The van der Waals surface area contributed by atoms with E-state index in [1.807, 2.05) is 6.07 Å². The summed E-state index contributed by atoms with van der Waals surface area (Å²) in [7, 11) is 0. The zero-order chi connectivity index (χ0) is 11.0. The first-order valence-electron chi connectivity index (χ1n) is 4.45. The first kappa shape index (κ1) is 9.40. The summed E-state index contributed by atoms with van der Waals surface area (Å²) in [5.41, 5.74) is 0.200. The van der Waals surface area contributed by atoms with Gasteiger partial charge in [0, 0.05) is 12.3 Å². The molecule has 1 aromatic rings. The van der Waals surface area contributed by atoms with Crippen molar-refractivity contribution in [1.82, 2.24) is 10.2 Å². The number of imide groups is 1. The smallest absolute Gasteiger partial charge is 0.238 e. The summed E-state index contributed by atoms with van der Waals surface area (Å²) in [5.74, 6) is -0.738. The van der Waals surface area contributed by atoms with Crippen molar-refractivity contribution in [2.24, 2.45) is 5.92 Å². The van der Waals surface area contributed by atoms with Crippen LogP contribution in [0.3, 0.4) is 0 Å². The summed E-state index contributed by atoms with van der Waals surface area (Å²) < 4.78 is 0. The number of nitrogens with one attached hydrogen (secondary N) is 1. The number of hydrogen-bond acceptors (Lipinski definition) is 4. The fourth-order valence-corrected chi connectivity index (χ4v) is 1.55. The molecule has 1 saturated heterocycles. The second kappa shape index (κ2) is 3.20. The maximum absolute atomic E-state index is 11.6. The Labute approximate surface area is 85.5 Å². The molecule has 6 nitrogen and oxygen atoms in total. The zero-order valence-corrected chi connectivity index (χ0v) is 8.02. The van der Waals surface area contributed by atoms with Crippen LogP contribution in [-0.2, 0) is 9.59 Å². The normalized spacial score (nSPS) is 20.8. The Balaban J connectivity index is 2.44. The molecule has 1 unspecified atom stereocenters. The molecule has 0 spiro atoms. The summed E-state index contributed by atoms with van der Waals surface area (Å²) >= 11 is 0. The lowest BCUT2D eigenvalue weighted by Gasteiger charge is -2.11. The third kappa shape index (κ3) is 1.29. The lowest BCUT2D eigenvalue weighted by molar-refractivity contribution is -0.122. The Morgan fingerprint density at radius 1 is 1.67 bits per heavy atom. The van der Waals surface area contributed by atoms with Gasteiger partial charge in [-0.1, -0.05) is 6.92 Å². The summed E-state index contributed by atoms with van der Waals surface area (Å²) in [6.45, 7) is 1.68. The molecule has 1 N–H and O–H groups in total. The van der Waals surface area contributed by atoms with Crippen LogP contribution < -0.4 is 4.90 Å². The van der Waals surface area contributed by atoms with Crippen LogP contribution >= 0.6 is 0 Å². The average Bonchev–Trinajstić information content (AvgIpc) is 2.73. The van der Waals surface area contributed by atoms with Crippen molar-refractivity contribution in [3.8, 4) is 6.07 Å². The van der Waals surface area contributed by atoms with Crippen molar-refractivity contribution in [3.05, 3.63) is 11.8 Å². The minimum absolute atomic E-state index is 0.178. The van der Waals surface area contributed by atoms with Gasteiger partial charge in [-0.25, -0.2) is 4.90 Å². The number of H-pyrrole nitrogens is 1. The number of aromatic nitrogens is 2. The van der Waals surface area contributed by atoms with Crippen molar-refractivity contribution < 1.29 is 9.59 Å². The molecule has 76 valence electrons. The van der Waals surface area contributed by atoms with Gasteiger partial charge < -0.3 is 0 Å². The molecule has 0 bridgehead atoms. The number of carbonyl (C=O) groups excluding carboxylic acids is 2. The lowest BCUT2D eigenvalue weighted by atomic mass is 10.1. The van der Waals surface area contributed by atoms with Gasteiger partial charge in [-0.15, -0.1) is 0 Å². The molecule has 2 rings (SSSR count). The van der Waals surface area contributed by atoms with E-state index in [1.165, 1.54) is 6.20 Å². The van der Waals surface area contributed by atoms with Gasteiger partial charge in [0.2, 0.25) is 11.8 Å². The minimum Gasteiger partial charge on any atom is -0.274 e. The maximum atomic E-state index is 11.6. The quantitative estimate of drug-likeness (QED) is 0.660. The number of anilines is 1. The molecule has 1 aliphatic heterocycles. The molecule has 1 aromatic heterocycles. The monoisotopic (exact) mass is 204 g/mol. The van der Waals surface area contributed by atoms with Gasteiger partial charge in [0.1, 0.15) is 11.6 Å². The largest absolute Gasteiger partial charge is 0.274 e. The Hall–Kier alpha value is -2.16. The number of hydrogen-bond donors (Lipinski definition) is 1. The molecule has 0 aliphatic carbocycles. The molecular weight excluding hydrogens is 196 g/mol. The number of aromatic amines is 1. The highest BCUT2D eigenvalue weighted by atomic mass is 16.2. The predicted molar refractivity (Wildman–Crippen MR) is 49.6 cm³/mol. The Kier molecular flexibility index (Phi) is 2.01.